The molecule has 2 heterocycles. The number of nitrogens with zero attached hydrogens (tertiary/aromatic N) is 1. The molecule has 1 amide bonds. The van der Waals surface area contributed by atoms with Gasteiger partial charge in [-0.1, -0.05) is 13.8 Å². The summed E-state index contributed by atoms with van der Waals surface area (Å²) in [6.45, 7) is 8.80. The van der Waals surface area contributed by atoms with Crippen LogP contribution in [0.5, 0.6) is 0 Å². The van der Waals surface area contributed by atoms with E-state index in [1.54, 1.807) is 0 Å². The predicted molar refractivity (Wildman–Crippen MR) is 73.0 cm³/mol. The van der Waals surface area contributed by atoms with Crippen molar-refractivity contribution in [2.24, 2.45) is 5.92 Å². The average molecular weight is 270 g/mol. The van der Waals surface area contributed by atoms with Gasteiger partial charge in [0, 0.05) is 32.8 Å². The summed E-state index contributed by atoms with van der Waals surface area (Å²) in [7, 11) is 0. The molecule has 0 radical (unpaired) electrons. The van der Waals surface area contributed by atoms with Crippen LogP contribution in [0.3, 0.4) is 0 Å². The Kier molecular flexibility index (Phi) is 5.60. The highest BCUT2D eigenvalue weighted by Gasteiger charge is 2.32. The van der Waals surface area contributed by atoms with E-state index in [0.29, 0.717) is 19.1 Å². The Hall–Kier alpha value is -0.650. The predicted octanol–water partition coefficient (Wildman–Crippen LogP) is 0.638. The van der Waals surface area contributed by atoms with E-state index in [4.69, 9.17) is 9.47 Å². The number of likely N-dealkylation sites (tertiary alicyclic amines) is 1. The standard InChI is InChI=1S/C14H26N2O3/c1-11(2)4-7-18-12-3-6-16(10-12)14(17)13-9-15-5-8-19-13/h11-13,15H,3-10H2,1-2H3. The molecule has 0 aliphatic carbocycles. The van der Waals surface area contributed by atoms with Gasteiger partial charge >= 0.3 is 0 Å². The van der Waals surface area contributed by atoms with Gasteiger partial charge in [0.05, 0.1) is 12.7 Å². The number of carbonyl (C=O) groups excluding carboxylic acids is 1. The molecule has 0 spiro atoms. The number of ether oxygens (including phenoxy) is 2. The fraction of sp³-hybridized carbons (Fsp3) is 0.929. The van der Waals surface area contributed by atoms with Crippen molar-refractivity contribution in [1.29, 1.82) is 0 Å². The van der Waals surface area contributed by atoms with Crippen molar-refractivity contribution in [2.45, 2.75) is 38.9 Å². The van der Waals surface area contributed by atoms with Crippen LogP contribution in [0.25, 0.3) is 0 Å². The van der Waals surface area contributed by atoms with Crippen molar-refractivity contribution in [3.63, 3.8) is 0 Å². The monoisotopic (exact) mass is 270 g/mol. The van der Waals surface area contributed by atoms with Crippen LogP contribution in [0.2, 0.25) is 0 Å². The van der Waals surface area contributed by atoms with E-state index in [-0.39, 0.29) is 18.1 Å². The highest BCUT2D eigenvalue weighted by molar-refractivity contribution is 5.81. The molecule has 0 aromatic rings. The van der Waals surface area contributed by atoms with Crippen LogP contribution in [-0.4, -0.2) is 62.4 Å². The molecular weight excluding hydrogens is 244 g/mol. The van der Waals surface area contributed by atoms with E-state index in [1.165, 1.54) is 0 Å². The number of carbonyl (C=O) groups is 1. The second kappa shape index (κ2) is 7.22. The van der Waals surface area contributed by atoms with Gasteiger partial charge in [-0.05, 0) is 18.8 Å². The van der Waals surface area contributed by atoms with Gasteiger partial charge in [0.25, 0.3) is 5.91 Å². The highest BCUT2D eigenvalue weighted by atomic mass is 16.5. The summed E-state index contributed by atoms with van der Waals surface area (Å²) in [5.74, 6) is 0.781. The zero-order valence-electron chi connectivity index (χ0n) is 12.1. The maximum Gasteiger partial charge on any atom is 0.253 e. The van der Waals surface area contributed by atoms with Crippen molar-refractivity contribution >= 4 is 5.91 Å². The van der Waals surface area contributed by atoms with Crippen LogP contribution in [0.15, 0.2) is 0 Å². The van der Waals surface area contributed by atoms with Crippen molar-refractivity contribution in [2.75, 3.05) is 39.4 Å². The molecule has 2 aliphatic rings. The molecule has 110 valence electrons. The molecule has 2 fully saturated rings. The smallest absolute Gasteiger partial charge is 0.253 e. The van der Waals surface area contributed by atoms with Crippen LogP contribution >= 0.6 is 0 Å². The molecule has 0 aromatic heterocycles. The van der Waals surface area contributed by atoms with E-state index in [2.05, 4.69) is 19.2 Å². The number of hydrogen-bond donors (Lipinski definition) is 1. The molecular formula is C14H26N2O3. The molecule has 2 atom stereocenters. The molecule has 2 aliphatic heterocycles. The van der Waals surface area contributed by atoms with E-state index >= 15 is 0 Å². The summed E-state index contributed by atoms with van der Waals surface area (Å²) in [6.07, 6.45) is 1.94. The van der Waals surface area contributed by atoms with Gasteiger partial charge in [0.2, 0.25) is 0 Å². The van der Waals surface area contributed by atoms with Crippen LogP contribution in [0.4, 0.5) is 0 Å². The van der Waals surface area contributed by atoms with Gasteiger partial charge in [-0.15, -0.1) is 0 Å². The van der Waals surface area contributed by atoms with E-state index in [1.807, 2.05) is 4.90 Å². The lowest BCUT2D eigenvalue weighted by Crippen LogP contribution is -2.49. The summed E-state index contributed by atoms with van der Waals surface area (Å²) in [4.78, 5) is 14.1. The average Bonchev–Trinajstić information content (AvgIpc) is 2.87. The van der Waals surface area contributed by atoms with E-state index < -0.39 is 0 Å². The van der Waals surface area contributed by atoms with Crippen LogP contribution < -0.4 is 5.32 Å². The number of hydrogen-bond acceptors (Lipinski definition) is 4. The molecule has 2 saturated heterocycles. The Labute approximate surface area is 115 Å². The van der Waals surface area contributed by atoms with Gasteiger partial charge in [0.1, 0.15) is 6.10 Å². The lowest BCUT2D eigenvalue weighted by atomic mass is 10.1. The molecule has 1 N–H and O–H groups in total. The normalized spacial score (nSPS) is 28.1. The molecule has 2 unspecified atom stereocenters. The molecule has 19 heavy (non-hydrogen) atoms. The number of morpholine rings is 1. The van der Waals surface area contributed by atoms with Crippen molar-refractivity contribution in [3.05, 3.63) is 0 Å². The SMILES string of the molecule is CC(C)CCOC1CCN(C(=O)C2CNCCO2)C1. The minimum Gasteiger partial charge on any atom is -0.376 e. The van der Waals surface area contributed by atoms with Crippen molar-refractivity contribution in [3.8, 4) is 0 Å². The zero-order chi connectivity index (χ0) is 13.7. The van der Waals surface area contributed by atoms with Gasteiger partial charge in [-0.2, -0.15) is 0 Å². The van der Waals surface area contributed by atoms with E-state index in [0.717, 1.165) is 39.1 Å². The van der Waals surface area contributed by atoms with Crippen LogP contribution in [-0.2, 0) is 14.3 Å². The summed E-state index contributed by atoms with van der Waals surface area (Å²) in [5.41, 5.74) is 0. The highest BCUT2D eigenvalue weighted by Crippen LogP contribution is 2.16. The minimum absolute atomic E-state index is 0.113. The first-order chi connectivity index (χ1) is 9.16. The number of amides is 1. The Balaban J connectivity index is 1.70. The quantitative estimate of drug-likeness (QED) is 0.796. The first kappa shape index (κ1) is 14.8. The zero-order valence-corrected chi connectivity index (χ0v) is 12.1. The summed E-state index contributed by atoms with van der Waals surface area (Å²) in [5, 5.41) is 3.19. The maximum absolute atomic E-state index is 12.2. The second-order valence-electron chi connectivity index (χ2n) is 5.81. The maximum atomic E-state index is 12.2. The third-order valence-electron chi connectivity index (χ3n) is 3.71. The minimum atomic E-state index is -0.303. The molecule has 0 bridgehead atoms. The third kappa shape index (κ3) is 4.44. The van der Waals surface area contributed by atoms with Crippen molar-refractivity contribution in [1.82, 2.24) is 10.2 Å². The number of rotatable bonds is 5. The Morgan fingerprint density at radius 2 is 2.37 bits per heavy atom. The van der Waals surface area contributed by atoms with Crippen molar-refractivity contribution < 1.29 is 14.3 Å². The summed E-state index contributed by atoms with van der Waals surface area (Å²) < 4.78 is 11.3. The first-order valence-corrected chi connectivity index (χ1v) is 7.39. The largest absolute Gasteiger partial charge is 0.376 e. The molecule has 0 saturated carbocycles. The molecule has 5 heteroatoms. The number of nitrogens with one attached hydrogen (secondary N) is 1. The Morgan fingerprint density at radius 1 is 1.53 bits per heavy atom. The molecule has 2 rings (SSSR count). The Morgan fingerprint density at radius 3 is 3.05 bits per heavy atom. The lowest BCUT2D eigenvalue weighted by molar-refractivity contribution is -0.144. The fourth-order valence-corrected chi connectivity index (χ4v) is 2.46. The summed E-state index contributed by atoms with van der Waals surface area (Å²) in [6, 6.07) is 0. The second-order valence-corrected chi connectivity index (χ2v) is 5.81. The van der Waals surface area contributed by atoms with Gasteiger partial charge in [-0.3, -0.25) is 4.79 Å². The summed E-state index contributed by atoms with van der Waals surface area (Å²) >= 11 is 0. The van der Waals surface area contributed by atoms with Gasteiger partial charge < -0.3 is 19.7 Å². The van der Waals surface area contributed by atoms with Crippen LogP contribution in [0.1, 0.15) is 26.7 Å². The molecule has 0 aromatic carbocycles. The fourth-order valence-electron chi connectivity index (χ4n) is 2.46. The first-order valence-electron chi connectivity index (χ1n) is 7.39. The Bertz CT molecular complexity index is 290. The lowest BCUT2D eigenvalue weighted by Gasteiger charge is -2.27. The molecule has 5 nitrogen and oxygen atoms in total. The third-order valence-corrected chi connectivity index (χ3v) is 3.71. The topological polar surface area (TPSA) is 50.8 Å². The van der Waals surface area contributed by atoms with Crippen LogP contribution in [0, 0.1) is 5.92 Å². The van der Waals surface area contributed by atoms with Gasteiger partial charge in [0.15, 0.2) is 0 Å². The van der Waals surface area contributed by atoms with E-state index in [9.17, 15) is 4.79 Å². The van der Waals surface area contributed by atoms with Gasteiger partial charge in [-0.25, -0.2) is 0 Å².